The molecule has 0 aliphatic carbocycles. The molecule has 4 rings (SSSR count). The number of nitrogens with one attached hydrogen (secondary N) is 1. The van der Waals surface area contributed by atoms with Gasteiger partial charge in [-0.25, -0.2) is 0 Å². The smallest absolute Gasteiger partial charge is 0.305 e. The fourth-order valence-electron chi connectivity index (χ4n) is 4.51. The fourth-order valence-corrected chi connectivity index (χ4v) is 4.51. The van der Waals surface area contributed by atoms with Gasteiger partial charge in [0.05, 0.1) is 17.9 Å². The lowest BCUT2D eigenvalue weighted by atomic mass is 9.86. The number of benzene rings is 1. The standard InChI is InChI=1S/C23H33N5O4/c1-14(2)26-9-11-27(12-10-26)28-13-19(32-25-28)24-22(30)23(6)8-7-18-17(5)20(29)15(3)16(4)21(18)31-23/h13-14H,7-12H2,1-6H3,(H-,24,25,29,30)/p+1. The van der Waals surface area contributed by atoms with Gasteiger partial charge < -0.3 is 9.84 Å². The SMILES string of the molecule is Cc1c(C)c2c(c(C)c1O)CCC(C)(C(=O)Nc1c[n+](N3CCN(C(C)C)CC3)no1)O2. The number of nitrogens with zero attached hydrogens (tertiary/aromatic N) is 4. The summed E-state index contributed by atoms with van der Waals surface area (Å²) < 4.78 is 11.6. The second kappa shape index (κ2) is 8.27. The number of aromatic nitrogens is 2. The summed E-state index contributed by atoms with van der Waals surface area (Å²) in [7, 11) is 0. The third-order valence-electron chi connectivity index (χ3n) is 7.00. The normalized spacial score (nSPS) is 21.4. The van der Waals surface area contributed by atoms with Crippen molar-refractivity contribution in [2.75, 3.05) is 36.5 Å². The number of carbonyl (C=O) groups is 1. The van der Waals surface area contributed by atoms with Gasteiger partial charge in [0.1, 0.15) is 11.5 Å². The Kier molecular flexibility index (Phi) is 5.79. The minimum atomic E-state index is -1.05. The molecule has 9 heteroatoms. The minimum absolute atomic E-state index is 0.279. The summed E-state index contributed by atoms with van der Waals surface area (Å²) in [6.07, 6.45) is 2.84. The van der Waals surface area contributed by atoms with Crippen LogP contribution in [0.2, 0.25) is 0 Å². The van der Waals surface area contributed by atoms with Gasteiger partial charge in [-0.2, -0.15) is 5.01 Å². The largest absolute Gasteiger partial charge is 0.507 e. The first-order chi connectivity index (χ1) is 15.1. The number of ether oxygens (including phenoxy) is 1. The number of amides is 1. The number of carbonyl (C=O) groups excluding carboxylic acids is 1. The summed E-state index contributed by atoms with van der Waals surface area (Å²) in [5.74, 6) is 1.00. The molecule has 1 atom stereocenters. The second-order valence-electron chi connectivity index (χ2n) is 9.39. The van der Waals surface area contributed by atoms with E-state index in [2.05, 4.69) is 34.3 Å². The minimum Gasteiger partial charge on any atom is -0.507 e. The van der Waals surface area contributed by atoms with Crippen LogP contribution in [-0.2, 0) is 11.2 Å². The van der Waals surface area contributed by atoms with Crippen molar-refractivity contribution in [2.24, 2.45) is 0 Å². The molecule has 1 aromatic carbocycles. The van der Waals surface area contributed by atoms with E-state index in [0.717, 1.165) is 48.4 Å². The second-order valence-corrected chi connectivity index (χ2v) is 9.39. The highest BCUT2D eigenvalue weighted by molar-refractivity contribution is 5.96. The van der Waals surface area contributed by atoms with Crippen molar-refractivity contribution in [2.45, 2.75) is 66.0 Å². The molecule has 1 aromatic heterocycles. The number of phenols is 1. The van der Waals surface area contributed by atoms with E-state index in [1.54, 1.807) is 17.9 Å². The molecule has 174 valence electrons. The van der Waals surface area contributed by atoms with Gasteiger partial charge in [-0.3, -0.25) is 19.5 Å². The molecule has 2 aliphatic rings. The molecule has 3 heterocycles. The van der Waals surface area contributed by atoms with E-state index in [0.29, 0.717) is 30.4 Å². The molecule has 2 N–H and O–H groups in total. The maximum atomic E-state index is 13.1. The Morgan fingerprint density at radius 1 is 1.19 bits per heavy atom. The maximum Gasteiger partial charge on any atom is 0.305 e. The van der Waals surface area contributed by atoms with Gasteiger partial charge in [0.15, 0.2) is 5.60 Å². The van der Waals surface area contributed by atoms with Crippen LogP contribution in [0.15, 0.2) is 10.7 Å². The first-order valence-corrected chi connectivity index (χ1v) is 11.3. The lowest BCUT2D eigenvalue weighted by Crippen LogP contribution is -2.66. The first kappa shape index (κ1) is 22.4. The molecule has 2 aromatic rings. The van der Waals surface area contributed by atoms with E-state index >= 15 is 0 Å². The van der Waals surface area contributed by atoms with E-state index in [4.69, 9.17) is 9.26 Å². The Labute approximate surface area is 188 Å². The van der Waals surface area contributed by atoms with Crippen molar-refractivity contribution in [1.29, 1.82) is 0 Å². The zero-order valence-electron chi connectivity index (χ0n) is 19.9. The highest BCUT2D eigenvalue weighted by atomic mass is 16.5. The zero-order chi connectivity index (χ0) is 23.2. The van der Waals surface area contributed by atoms with Crippen molar-refractivity contribution in [3.8, 4) is 11.5 Å². The Morgan fingerprint density at radius 2 is 1.88 bits per heavy atom. The van der Waals surface area contributed by atoms with E-state index in [-0.39, 0.29) is 11.8 Å². The molecule has 1 unspecified atom stereocenters. The number of anilines is 1. The van der Waals surface area contributed by atoms with E-state index in [9.17, 15) is 9.90 Å². The Balaban J connectivity index is 1.45. The van der Waals surface area contributed by atoms with Gasteiger partial charge in [-0.1, -0.05) is 0 Å². The van der Waals surface area contributed by atoms with Crippen LogP contribution in [0.4, 0.5) is 5.88 Å². The van der Waals surface area contributed by atoms with Crippen LogP contribution >= 0.6 is 0 Å². The number of phenolic OH excluding ortho intramolecular Hbond substituents is 1. The Bertz CT molecular complexity index is 1030. The quantitative estimate of drug-likeness (QED) is 0.697. The molecule has 0 radical (unpaired) electrons. The highest BCUT2D eigenvalue weighted by Crippen LogP contribution is 2.43. The van der Waals surface area contributed by atoms with Crippen molar-refractivity contribution >= 4 is 11.8 Å². The summed E-state index contributed by atoms with van der Waals surface area (Å²) in [4.78, 5) is 17.2. The molecule has 0 spiro atoms. The molecular weight excluding hydrogens is 410 g/mol. The highest BCUT2D eigenvalue weighted by Gasteiger charge is 2.42. The molecule has 9 nitrogen and oxygen atoms in total. The van der Waals surface area contributed by atoms with Crippen LogP contribution < -0.4 is 19.9 Å². The van der Waals surface area contributed by atoms with E-state index in [1.165, 1.54) is 0 Å². The van der Waals surface area contributed by atoms with Gasteiger partial charge in [-0.15, -0.1) is 0 Å². The van der Waals surface area contributed by atoms with Crippen LogP contribution in [0.3, 0.4) is 0 Å². The summed E-state index contributed by atoms with van der Waals surface area (Å²) in [5, 5.41) is 19.4. The van der Waals surface area contributed by atoms with Crippen molar-refractivity contribution in [3.63, 3.8) is 0 Å². The molecule has 0 bridgehead atoms. The molecule has 1 amide bonds. The number of fused-ring (bicyclic) bond motifs is 1. The predicted octanol–water partition coefficient (Wildman–Crippen LogP) is 1.98. The number of rotatable bonds is 4. The summed E-state index contributed by atoms with van der Waals surface area (Å²) >= 11 is 0. The topological polar surface area (TPSA) is 95.0 Å². The van der Waals surface area contributed by atoms with E-state index in [1.807, 2.05) is 20.8 Å². The van der Waals surface area contributed by atoms with Gasteiger partial charge in [0.2, 0.25) is 5.27 Å². The van der Waals surface area contributed by atoms with Crippen LogP contribution in [0.5, 0.6) is 11.5 Å². The monoisotopic (exact) mass is 444 g/mol. The van der Waals surface area contributed by atoms with Crippen LogP contribution in [0.25, 0.3) is 0 Å². The average Bonchev–Trinajstić information content (AvgIpc) is 3.24. The molecule has 1 fully saturated rings. The first-order valence-electron chi connectivity index (χ1n) is 11.3. The van der Waals surface area contributed by atoms with Crippen LogP contribution in [0.1, 0.15) is 49.4 Å². The lowest BCUT2D eigenvalue weighted by molar-refractivity contribution is -0.759. The molecular formula is C23H34N5O4+. The van der Waals surface area contributed by atoms with Crippen LogP contribution in [-0.4, -0.2) is 59.0 Å². The van der Waals surface area contributed by atoms with Gasteiger partial charge in [-0.05, 0) is 64.7 Å². The molecule has 2 aliphatic heterocycles. The average molecular weight is 445 g/mol. The van der Waals surface area contributed by atoms with Gasteiger partial charge >= 0.3 is 5.88 Å². The summed E-state index contributed by atoms with van der Waals surface area (Å²) in [6, 6.07) is 0.524. The number of hydrogen-bond donors (Lipinski definition) is 2. The van der Waals surface area contributed by atoms with Crippen LogP contribution in [0, 0.1) is 20.8 Å². The van der Waals surface area contributed by atoms with Crippen molar-refractivity contribution < 1.29 is 24.0 Å². The fraction of sp³-hybridized carbons (Fsp3) is 0.609. The predicted molar refractivity (Wildman–Crippen MR) is 120 cm³/mol. The van der Waals surface area contributed by atoms with Crippen molar-refractivity contribution in [1.82, 2.24) is 10.2 Å². The van der Waals surface area contributed by atoms with E-state index < -0.39 is 5.60 Å². The number of piperazine rings is 1. The summed E-state index contributed by atoms with van der Waals surface area (Å²) in [5.41, 5.74) is 2.38. The Morgan fingerprint density at radius 3 is 2.53 bits per heavy atom. The number of hydrogen-bond acceptors (Lipinski definition) is 7. The maximum absolute atomic E-state index is 13.1. The third-order valence-corrected chi connectivity index (χ3v) is 7.00. The molecule has 0 saturated carbocycles. The van der Waals surface area contributed by atoms with Crippen molar-refractivity contribution in [3.05, 3.63) is 28.5 Å². The Hall–Kier alpha value is -2.81. The molecule has 32 heavy (non-hydrogen) atoms. The zero-order valence-corrected chi connectivity index (χ0v) is 19.9. The number of aromatic hydroxyl groups is 1. The lowest BCUT2D eigenvalue weighted by Gasteiger charge is -2.36. The molecule has 1 saturated heterocycles. The van der Waals surface area contributed by atoms with Gasteiger partial charge in [0.25, 0.3) is 12.1 Å². The van der Waals surface area contributed by atoms with Gasteiger partial charge in [0, 0.05) is 31.1 Å². The summed E-state index contributed by atoms with van der Waals surface area (Å²) in [6.45, 7) is 15.4. The third kappa shape index (κ3) is 3.90.